The Bertz CT molecular complexity index is 690. The highest BCUT2D eigenvalue weighted by molar-refractivity contribution is 6.00. The minimum atomic E-state index is 0.220. The van der Waals surface area contributed by atoms with E-state index in [-0.39, 0.29) is 5.91 Å². The first-order valence-electron chi connectivity index (χ1n) is 8.09. The molecule has 0 spiro atoms. The van der Waals surface area contributed by atoms with Gasteiger partial charge in [-0.05, 0) is 48.6 Å². The summed E-state index contributed by atoms with van der Waals surface area (Å²) in [6.45, 7) is 6.81. The van der Waals surface area contributed by atoms with Crippen molar-refractivity contribution < 1.29 is 4.79 Å². The van der Waals surface area contributed by atoms with E-state index in [9.17, 15) is 4.79 Å². The molecular formula is C19H22N2O. The number of pyridine rings is 1. The highest BCUT2D eigenvalue weighted by Gasteiger charge is 2.39. The average molecular weight is 294 g/mol. The summed E-state index contributed by atoms with van der Waals surface area (Å²) in [5, 5.41) is 0. The molecule has 114 valence electrons. The third-order valence-corrected chi connectivity index (χ3v) is 4.22. The highest BCUT2D eigenvalue weighted by atomic mass is 16.2. The molecule has 3 heteroatoms. The van der Waals surface area contributed by atoms with Crippen molar-refractivity contribution in [1.82, 2.24) is 9.88 Å². The van der Waals surface area contributed by atoms with Crippen molar-refractivity contribution in [2.45, 2.75) is 46.2 Å². The largest absolute Gasteiger partial charge is 0.331 e. The molecule has 1 saturated carbocycles. The maximum Gasteiger partial charge on any atom is 0.255 e. The van der Waals surface area contributed by atoms with E-state index in [0.29, 0.717) is 6.04 Å². The lowest BCUT2D eigenvalue weighted by Crippen LogP contribution is -2.26. The maximum atomic E-state index is 12.5. The van der Waals surface area contributed by atoms with Gasteiger partial charge in [0.25, 0.3) is 5.91 Å². The second-order valence-electron chi connectivity index (χ2n) is 5.73. The van der Waals surface area contributed by atoms with Crippen LogP contribution >= 0.6 is 0 Å². The fraction of sp³-hybridized carbons (Fsp3) is 0.368. The van der Waals surface area contributed by atoms with Crippen LogP contribution in [0.1, 0.15) is 48.2 Å². The van der Waals surface area contributed by atoms with Gasteiger partial charge in [-0.15, -0.1) is 0 Å². The summed E-state index contributed by atoms with van der Waals surface area (Å²) in [7, 11) is 0. The fourth-order valence-electron chi connectivity index (χ4n) is 3.07. The predicted octanol–water partition coefficient (Wildman–Crippen LogP) is 4.20. The Morgan fingerprint density at radius 2 is 1.95 bits per heavy atom. The highest BCUT2D eigenvalue weighted by Crippen LogP contribution is 2.37. The van der Waals surface area contributed by atoms with Crippen molar-refractivity contribution >= 4 is 5.91 Å². The predicted molar refractivity (Wildman–Crippen MR) is 88.7 cm³/mol. The number of hydrogen-bond acceptors (Lipinski definition) is 2. The number of aromatic nitrogens is 1. The van der Waals surface area contributed by atoms with Crippen LogP contribution in [0, 0.1) is 6.92 Å². The molecule has 2 aromatic rings. The van der Waals surface area contributed by atoms with E-state index in [1.165, 1.54) is 5.56 Å². The van der Waals surface area contributed by atoms with Crippen molar-refractivity contribution in [3.8, 4) is 11.1 Å². The van der Waals surface area contributed by atoms with Gasteiger partial charge in [-0.1, -0.05) is 26.0 Å². The smallest absolute Gasteiger partial charge is 0.255 e. The molecule has 0 atom stereocenters. The summed E-state index contributed by atoms with van der Waals surface area (Å²) in [5.41, 5.74) is 5.43. The molecular weight excluding hydrogens is 272 g/mol. The molecule has 1 aliphatic heterocycles. The normalized spacial score (nSPS) is 16.1. The lowest BCUT2D eigenvalue weighted by Gasteiger charge is -2.13. The molecule has 4 rings (SSSR count). The van der Waals surface area contributed by atoms with Gasteiger partial charge in [-0.25, -0.2) is 0 Å². The first kappa shape index (κ1) is 14.8. The second-order valence-corrected chi connectivity index (χ2v) is 5.73. The standard InChI is InChI=1S/C17H16N2O.C2H6/c1-11-7-13(12-3-2-6-18-9-12)8-14-10-19(15-4-5-15)17(20)16(11)14;1-2/h2-3,6-9,15H,4-5,10H2,1H3;1-2H3. The van der Waals surface area contributed by atoms with Crippen molar-refractivity contribution in [3.05, 3.63) is 53.3 Å². The molecule has 0 bridgehead atoms. The lowest BCUT2D eigenvalue weighted by atomic mass is 9.97. The number of hydrogen-bond donors (Lipinski definition) is 0. The quantitative estimate of drug-likeness (QED) is 0.831. The number of aryl methyl sites for hydroxylation is 1. The Labute approximate surface area is 132 Å². The van der Waals surface area contributed by atoms with E-state index in [1.54, 1.807) is 6.20 Å². The van der Waals surface area contributed by atoms with Gasteiger partial charge >= 0.3 is 0 Å². The third-order valence-electron chi connectivity index (χ3n) is 4.22. The number of carbonyl (C=O) groups excluding carboxylic acids is 1. The zero-order valence-corrected chi connectivity index (χ0v) is 13.5. The summed E-state index contributed by atoms with van der Waals surface area (Å²) in [4.78, 5) is 18.7. The van der Waals surface area contributed by atoms with E-state index in [0.717, 1.165) is 41.6 Å². The van der Waals surface area contributed by atoms with Crippen molar-refractivity contribution in [2.24, 2.45) is 0 Å². The van der Waals surface area contributed by atoms with E-state index >= 15 is 0 Å². The van der Waals surface area contributed by atoms with Crippen LogP contribution in [0.2, 0.25) is 0 Å². The van der Waals surface area contributed by atoms with E-state index in [1.807, 2.05) is 37.9 Å². The summed E-state index contributed by atoms with van der Waals surface area (Å²) in [5.74, 6) is 0.220. The third kappa shape index (κ3) is 2.52. The molecule has 3 nitrogen and oxygen atoms in total. The Morgan fingerprint density at radius 3 is 2.59 bits per heavy atom. The molecule has 1 aromatic carbocycles. The van der Waals surface area contributed by atoms with Crippen molar-refractivity contribution in [1.29, 1.82) is 0 Å². The number of rotatable bonds is 2. The fourth-order valence-corrected chi connectivity index (χ4v) is 3.07. The number of nitrogens with zero attached hydrogens (tertiary/aromatic N) is 2. The summed E-state index contributed by atoms with van der Waals surface area (Å²) < 4.78 is 0. The van der Waals surface area contributed by atoms with Gasteiger partial charge in [-0.2, -0.15) is 0 Å². The van der Waals surface area contributed by atoms with Crippen LogP contribution in [-0.2, 0) is 6.54 Å². The number of carbonyl (C=O) groups is 1. The second kappa shape index (κ2) is 5.91. The molecule has 22 heavy (non-hydrogen) atoms. The minimum Gasteiger partial charge on any atom is -0.331 e. The number of benzene rings is 1. The zero-order chi connectivity index (χ0) is 15.7. The molecule has 1 aromatic heterocycles. The lowest BCUT2D eigenvalue weighted by molar-refractivity contribution is 0.0766. The monoisotopic (exact) mass is 294 g/mol. The van der Waals surface area contributed by atoms with Crippen LogP contribution in [0.5, 0.6) is 0 Å². The minimum absolute atomic E-state index is 0.220. The van der Waals surface area contributed by atoms with Gasteiger partial charge < -0.3 is 4.90 Å². The van der Waals surface area contributed by atoms with Crippen molar-refractivity contribution in [3.63, 3.8) is 0 Å². The first-order valence-corrected chi connectivity index (χ1v) is 8.09. The Balaban J connectivity index is 0.000000693. The van der Waals surface area contributed by atoms with Crippen LogP contribution in [0.25, 0.3) is 11.1 Å². The van der Waals surface area contributed by atoms with E-state index in [4.69, 9.17) is 0 Å². The van der Waals surface area contributed by atoms with Crippen LogP contribution in [0.4, 0.5) is 0 Å². The molecule has 0 saturated heterocycles. The van der Waals surface area contributed by atoms with Gasteiger partial charge in [0.1, 0.15) is 0 Å². The molecule has 1 amide bonds. The van der Waals surface area contributed by atoms with E-state index in [2.05, 4.69) is 23.2 Å². The molecule has 0 N–H and O–H groups in total. The molecule has 0 radical (unpaired) electrons. The van der Waals surface area contributed by atoms with Gasteiger partial charge in [0.05, 0.1) is 0 Å². The molecule has 2 aliphatic rings. The Morgan fingerprint density at radius 1 is 1.18 bits per heavy atom. The van der Waals surface area contributed by atoms with E-state index < -0.39 is 0 Å². The SMILES string of the molecule is CC.Cc1cc(-c2cccnc2)cc2c1C(=O)N(C1CC1)C2. The van der Waals surface area contributed by atoms with Crippen LogP contribution < -0.4 is 0 Å². The van der Waals surface area contributed by atoms with Crippen LogP contribution in [-0.4, -0.2) is 21.8 Å². The molecule has 1 aliphatic carbocycles. The molecule has 1 fully saturated rings. The van der Waals surface area contributed by atoms with Crippen LogP contribution in [0.3, 0.4) is 0 Å². The Hall–Kier alpha value is -2.16. The van der Waals surface area contributed by atoms with Crippen molar-refractivity contribution in [2.75, 3.05) is 0 Å². The summed E-state index contributed by atoms with van der Waals surface area (Å²) in [6, 6.07) is 8.74. The number of fused-ring (bicyclic) bond motifs is 1. The van der Waals surface area contributed by atoms with Crippen LogP contribution in [0.15, 0.2) is 36.7 Å². The maximum absolute atomic E-state index is 12.5. The Kier molecular flexibility index (Phi) is 3.97. The van der Waals surface area contributed by atoms with Gasteiger partial charge in [0, 0.05) is 36.1 Å². The number of amides is 1. The summed E-state index contributed by atoms with van der Waals surface area (Å²) >= 11 is 0. The van der Waals surface area contributed by atoms with Gasteiger partial charge in [-0.3, -0.25) is 9.78 Å². The molecule has 2 heterocycles. The zero-order valence-electron chi connectivity index (χ0n) is 13.5. The van der Waals surface area contributed by atoms with Gasteiger partial charge in [0.2, 0.25) is 0 Å². The topological polar surface area (TPSA) is 33.2 Å². The van der Waals surface area contributed by atoms with Gasteiger partial charge in [0.15, 0.2) is 0 Å². The summed E-state index contributed by atoms with van der Waals surface area (Å²) in [6.07, 6.45) is 5.97. The molecule has 0 unspecified atom stereocenters. The first-order chi connectivity index (χ1) is 10.7. The average Bonchev–Trinajstić information content (AvgIpc) is 3.34.